The molecule has 0 bridgehead atoms. The largest absolute Gasteiger partial charge is 0.503 e. The van der Waals surface area contributed by atoms with Gasteiger partial charge in [0.2, 0.25) is 5.43 Å². The zero-order chi connectivity index (χ0) is 7.72. The lowest BCUT2D eigenvalue weighted by Gasteiger charge is -1.99. The van der Waals surface area contributed by atoms with E-state index in [1.807, 2.05) is 0 Å². The second kappa shape index (κ2) is 2.02. The summed E-state index contributed by atoms with van der Waals surface area (Å²) in [7, 11) is 0. The third kappa shape index (κ3) is 0.812. The van der Waals surface area contributed by atoms with E-state index in [1.54, 1.807) is 0 Å². The first kappa shape index (κ1) is 6.60. The quantitative estimate of drug-likeness (QED) is 0.478. The average molecular weight is 142 g/mol. The van der Waals surface area contributed by atoms with Crippen LogP contribution in [0.1, 0.15) is 5.69 Å². The first-order valence-corrected chi connectivity index (χ1v) is 2.60. The van der Waals surface area contributed by atoms with Gasteiger partial charge in [-0.1, -0.05) is 0 Å². The van der Waals surface area contributed by atoms with Crippen LogP contribution in [0.25, 0.3) is 0 Å². The lowest BCUT2D eigenvalue weighted by atomic mass is 10.4. The van der Waals surface area contributed by atoms with E-state index in [1.165, 1.54) is 6.92 Å². The zero-order valence-electron chi connectivity index (χ0n) is 5.27. The highest BCUT2D eigenvalue weighted by Gasteiger charge is 2.03. The molecule has 0 saturated carbocycles. The maximum Gasteiger partial charge on any atom is 0.242 e. The monoisotopic (exact) mass is 142 g/mol. The molecule has 0 aliphatic carbocycles. The Morgan fingerprint density at radius 1 is 1.70 bits per heavy atom. The average Bonchev–Trinajstić information content (AvgIpc) is 1.93. The molecule has 5 heteroatoms. The molecule has 1 aromatic rings. The molecule has 0 unspecified atom stereocenters. The highest BCUT2D eigenvalue weighted by molar-refractivity contribution is 5.21. The molecule has 54 valence electrons. The minimum atomic E-state index is -0.595. The van der Waals surface area contributed by atoms with Crippen molar-refractivity contribution in [3.05, 3.63) is 22.1 Å². The standard InChI is InChI=1S/C5H6N2O3/c1-3-5(9)4(8)2-6-7(3)10/h2,9-10H,1H3. The number of aromatic hydroxyl groups is 1. The second-order valence-electron chi connectivity index (χ2n) is 1.83. The van der Waals surface area contributed by atoms with Crippen molar-refractivity contribution in [3.63, 3.8) is 0 Å². The van der Waals surface area contributed by atoms with Gasteiger partial charge < -0.3 is 10.3 Å². The fourth-order valence-electron chi connectivity index (χ4n) is 0.528. The van der Waals surface area contributed by atoms with Gasteiger partial charge in [-0.2, -0.15) is 0 Å². The smallest absolute Gasteiger partial charge is 0.242 e. The molecule has 0 aliphatic rings. The van der Waals surface area contributed by atoms with Gasteiger partial charge in [0, 0.05) is 0 Å². The number of hydrogen-bond acceptors (Lipinski definition) is 4. The number of aromatic nitrogens is 2. The van der Waals surface area contributed by atoms with Gasteiger partial charge in [-0.25, -0.2) is 0 Å². The third-order valence-corrected chi connectivity index (χ3v) is 1.16. The molecule has 10 heavy (non-hydrogen) atoms. The molecule has 0 radical (unpaired) electrons. The van der Waals surface area contributed by atoms with Crippen LogP contribution in [0.3, 0.4) is 0 Å². The van der Waals surface area contributed by atoms with Gasteiger partial charge in [0.1, 0.15) is 11.9 Å². The van der Waals surface area contributed by atoms with Crippen LogP contribution >= 0.6 is 0 Å². The fraction of sp³-hybridized carbons (Fsp3) is 0.200. The van der Waals surface area contributed by atoms with E-state index >= 15 is 0 Å². The van der Waals surface area contributed by atoms with Crippen molar-refractivity contribution in [2.24, 2.45) is 0 Å². The molecule has 0 aromatic carbocycles. The molecule has 5 nitrogen and oxygen atoms in total. The van der Waals surface area contributed by atoms with Crippen LogP contribution in [0.5, 0.6) is 5.75 Å². The Hall–Kier alpha value is -1.52. The van der Waals surface area contributed by atoms with Gasteiger partial charge in [-0.3, -0.25) is 4.79 Å². The van der Waals surface area contributed by atoms with Crippen molar-refractivity contribution >= 4 is 0 Å². The summed E-state index contributed by atoms with van der Waals surface area (Å²) in [5.41, 5.74) is -0.560. The van der Waals surface area contributed by atoms with E-state index in [2.05, 4.69) is 5.10 Å². The summed E-state index contributed by atoms with van der Waals surface area (Å²) in [4.78, 5) is 11.0. The van der Waals surface area contributed by atoms with E-state index in [9.17, 15) is 4.79 Å². The van der Waals surface area contributed by atoms with Crippen LogP contribution < -0.4 is 5.43 Å². The molecule has 0 amide bonds. The van der Waals surface area contributed by atoms with Gasteiger partial charge in [-0.05, 0) is 6.92 Å². The molecular weight excluding hydrogens is 136 g/mol. The van der Waals surface area contributed by atoms with Crippen LogP contribution in [0.15, 0.2) is 11.0 Å². The molecule has 1 aromatic heterocycles. The summed E-state index contributed by atoms with van der Waals surface area (Å²) in [5, 5.41) is 20.8. The molecule has 2 N–H and O–H groups in total. The van der Waals surface area contributed by atoms with Crippen molar-refractivity contribution in [1.29, 1.82) is 0 Å². The predicted molar refractivity (Wildman–Crippen MR) is 32.1 cm³/mol. The van der Waals surface area contributed by atoms with Crippen LogP contribution in [0.2, 0.25) is 0 Å². The molecule has 0 fully saturated rings. The minimum Gasteiger partial charge on any atom is -0.503 e. The van der Waals surface area contributed by atoms with Gasteiger partial charge in [0.25, 0.3) is 0 Å². The Labute approximate surface area is 56.1 Å². The van der Waals surface area contributed by atoms with E-state index < -0.39 is 11.2 Å². The molecule has 0 aliphatic heterocycles. The Balaban J connectivity index is 3.49. The van der Waals surface area contributed by atoms with Gasteiger partial charge in [0.15, 0.2) is 5.75 Å². The molecule has 0 atom stereocenters. The highest BCUT2D eigenvalue weighted by Crippen LogP contribution is 2.03. The van der Waals surface area contributed by atoms with E-state index in [0.29, 0.717) is 4.85 Å². The predicted octanol–water partition coefficient (Wildman–Crippen LogP) is -0.505. The van der Waals surface area contributed by atoms with Crippen LogP contribution in [0, 0.1) is 6.92 Å². The molecule has 1 rings (SSSR count). The van der Waals surface area contributed by atoms with Gasteiger partial charge in [-0.15, -0.1) is 9.94 Å². The summed E-state index contributed by atoms with van der Waals surface area (Å²) in [5.74, 6) is -0.475. The normalized spacial score (nSPS) is 9.70. The summed E-state index contributed by atoms with van der Waals surface area (Å²) in [6, 6.07) is 0. The maximum atomic E-state index is 10.6. The molecular formula is C5H6N2O3. The fourth-order valence-corrected chi connectivity index (χ4v) is 0.528. The van der Waals surface area contributed by atoms with Crippen LogP contribution in [-0.2, 0) is 0 Å². The number of rotatable bonds is 0. The van der Waals surface area contributed by atoms with Crippen molar-refractivity contribution in [2.45, 2.75) is 6.92 Å². The Morgan fingerprint density at radius 3 is 2.80 bits per heavy atom. The lowest BCUT2D eigenvalue weighted by Crippen LogP contribution is -2.11. The van der Waals surface area contributed by atoms with E-state index in [0.717, 1.165) is 6.20 Å². The third-order valence-electron chi connectivity index (χ3n) is 1.16. The summed E-state index contributed by atoms with van der Waals surface area (Å²) < 4.78 is 0. The summed E-state index contributed by atoms with van der Waals surface area (Å²) >= 11 is 0. The maximum absolute atomic E-state index is 10.6. The van der Waals surface area contributed by atoms with Crippen molar-refractivity contribution in [3.8, 4) is 5.75 Å². The molecule has 0 saturated heterocycles. The molecule has 1 heterocycles. The zero-order valence-corrected chi connectivity index (χ0v) is 5.27. The van der Waals surface area contributed by atoms with E-state index in [-0.39, 0.29) is 5.69 Å². The Bertz CT molecular complexity index is 304. The first-order valence-electron chi connectivity index (χ1n) is 2.60. The van der Waals surface area contributed by atoms with Crippen LogP contribution in [-0.4, -0.2) is 20.3 Å². The molecule has 0 spiro atoms. The number of hydrogen-bond donors (Lipinski definition) is 2. The lowest BCUT2D eigenvalue weighted by molar-refractivity contribution is 0.133. The van der Waals surface area contributed by atoms with Crippen molar-refractivity contribution in [2.75, 3.05) is 0 Å². The van der Waals surface area contributed by atoms with Crippen molar-refractivity contribution < 1.29 is 10.3 Å². The Kier molecular flexibility index (Phi) is 1.33. The Morgan fingerprint density at radius 2 is 2.30 bits per heavy atom. The highest BCUT2D eigenvalue weighted by atomic mass is 16.5. The van der Waals surface area contributed by atoms with Crippen LogP contribution in [0.4, 0.5) is 0 Å². The van der Waals surface area contributed by atoms with Gasteiger partial charge >= 0.3 is 0 Å². The minimum absolute atomic E-state index is 0.0347. The second-order valence-corrected chi connectivity index (χ2v) is 1.83. The van der Waals surface area contributed by atoms with Gasteiger partial charge in [0.05, 0.1) is 0 Å². The summed E-state index contributed by atoms with van der Waals surface area (Å²) in [6.45, 7) is 1.38. The number of nitrogens with zero attached hydrogens (tertiary/aromatic N) is 2. The van der Waals surface area contributed by atoms with E-state index in [4.69, 9.17) is 10.3 Å². The topological polar surface area (TPSA) is 75.3 Å². The SMILES string of the molecule is Cc1c(O)c(=O)cnn1O. The van der Waals surface area contributed by atoms with Crippen molar-refractivity contribution in [1.82, 2.24) is 9.94 Å². The first-order chi connectivity index (χ1) is 4.63. The summed E-state index contributed by atoms with van der Waals surface area (Å²) in [6.07, 6.45) is 0.836.